The lowest BCUT2D eigenvalue weighted by Gasteiger charge is -2.41. The van der Waals surface area contributed by atoms with Crippen molar-refractivity contribution in [2.24, 2.45) is 11.8 Å². The van der Waals surface area contributed by atoms with Crippen LogP contribution in [0.2, 0.25) is 0 Å². The fraction of sp³-hybridized carbons (Fsp3) is 0.636. The molecular weight excluding hydrogens is 352 g/mol. The van der Waals surface area contributed by atoms with Crippen molar-refractivity contribution in [3.05, 3.63) is 29.3 Å². The van der Waals surface area contributed by atoms with Gasteiger partial charge < -0.3 is 20.0 Å². The number of rotatable bonds is 3. The molecule has 2 unspecified atom stereocenters. The van der Waals surface area contributed by atoms with E-state index in [4.69, 9.17) is 0 Å². The highest BCUT2D eigenvalue weighted by Crippen LogP contribution is 2.39. The summed E-state index contributed by atoms with van der Waals surface area (Å²) in [5, 5.41) is 3.08. The Bertz CT molecular complexity index is 743. The van der Waals surface area contributed by atoms with E-state index in [1.807, 2.05) is 34.9 Å². The molecule has 1 aliphatic carbocycles. The molecule has 3 fully saturated rings. The van der Waals surface area contributed by atoms with Gasteiger partial charge in [-0.1, -0.05) is 6.07 Å². The van der Waals surface area contributed by atoms with Crippen LogP contribution in [0.1, 0.15) is 41.6 Å². The molecule has 0 aromatic heterocycles. The molecule has 3 aliphatic rings. The SMILES string of the molecule is Cc1c(NC(=O)N2CC3CCC(C2)C3N(C)C)cccc1C(=O)N1CCCC1. The zero-order valence-corrected chi connectivity index (χ0v) is 17.3. The number of piperidine rings is 1. The van der Waals surface area contributed by atoms with Gasteiger partial charge in [-0.2, -0.15) is 0 Å². The van der Waals surface area contributed by atoms with Gasteiger partial charge in [0.05, 0.1) is 0 Å². The van der Waals surface area contributed by atoms with Crippen molar-refractivity contribution in [1.82, 2.24) is 14.7 Å². The van der Waals surface area contributed by atoms with Crippen LogP contribution in [-0.2, 0) is 0 Å². The van der Waals surface area contributed by atoms with Gasteiger partial charge in [-0.25, -0.2) is 4.79 Å². The van der Waals surface area contributed by atoms with Gasteiger partial charge in [0.25, 0.3) is 5.91 Å². The second-order valence-corrected chi connectivity index (χ2v) is 8.86. The Balaban J connectivity index is 1.45. The fourth-order valence-electron chi connectivity index (χ4n) is 5.49. The molecule has 4 rings (SSSR count). The number of nitrogens with zero attached hydrogens (tertiary/aromatic N) is 3. The average Bonchev–Trinajstić information content (AvgIpc) is 3.29. The molecule has 152 valence electrons. The highest BCUT2D eigenvalue weighted by atomic mass is 16.2. The van der Waals surface area contributed by atoms with Crippen molar-refractivity contribution in [2.75, 3.05) is 45.6 Å². The van der Waals surface area contributed by atoms with Crippen LogP contribution in [0.15, 0.2) is 18.2 Å². The van der Waals surface area contributed by atoms with Gasteiger partial charge in [0, 0.05) is 43.5 Å². The summed E-state index contributed by atoms with van der Waals surface area (Å²) < 4.78 is 0. The van der Waals surface area contributed by atoms with Gasteiger partial charge in [-0.15, -0.1) is 0 Å². The van der Waals surface area contributed by atoms with E-state index < -0.39 is 0 Å². The standard InChI is InChI=1S/C22H32N4O2/c1-15-18(21(27)25-11-4-5-12-25)7-6-8-19(15)23-22(28)26-13-16-9-10-17(14-26)20(16)24(2)3/h6-8,16-17,20H,4-5,9-14H2,1-3H3,(H,23,28). The minimum atomic E-state index is -0.0389. The van der Waals surface area contributed by atoms with Crippen LogP contribution in [0.4, 0.5) is 10.5 Å². The second kappa shape index (κ2) is 7.74. The number of hydrogen-bond donors (Lipinski definition) is 1. The van der Waals surface area contributed by atoms with E-state index in [-0.39, 0.29) is 11.9 Å². The summed E-state index contributed by atoms with van der Waals surface area (Å²) in [6.07, 6.45) is 4.56. The first-order valence-corrected chi connectivity index (χ1v) is 10.6. The molecule has 28 heavy (non-hydrogen) atoms. The van der Waals surface area contributed by atoms with Gasteiger partial charge in [-0.05, 0) is 76.2 Å². The smallest absolute Gasteiger partial charge is 0.321 e. The Morgan fingerprint density at radius 3 is 2.29 bits per heavy atom. The molecule has 6 heteroatoms. The molecule has 0 spiro atoms. The third-order valence-corrected chi connectivity index (χ3v) is 6.87. The molecule has 1 N–H and O–H groups in total. The Morgan fingerprint density at radius 1 is 1.04 bits per heavy atom. The topological polar surface area (TPSA) is 55.9 Å². The third-order valence-electron chi connectivity index (χ3n) is 6.87. The van der Waals surface area contributed by atoms with E-state index in [2.05, 4.69) is 24.3 Å². The molecular formula is C22H32N4O2. The van der Waals surface area contributed by atoms with Crippen molar-refractivity contribution in [1.29, 1.82) is 0 Å². The molecule has 6 nitrogen and oxygen atoms in total. The van der Waals surface area contributed by atoms with Crippen molar-refractivity contribution < 1.29 is 9.59 Å². The molecule has 1 saturated carbocycles. The lowest BCUT2D eigenvalue weighted by molar-refractivity contribution is 0.0792. The molecule has 1 aromatic rings. The minimum Gasteiger partial charge on any atom is -0.339 e. The Kier molecular flexibility index (Phi) is 5.32. The van der Waals surface area contributed by atoms with E-state index >= 15 is 0 Å². The first-order chi connectivity index (χ1) is 13.5. The Morgan fingerprint density at radius 2 is 1.68 bits per heavy atom. The van der Waals surface area contributed by atoms with Crippen LogP contribution < -0.4 is 5.32 Å². The van der Waals surface area contributed by atoms with Gasteiger partial charge in [0.2, 0.25) is 0 Å². The predicted octanol–water partition coefficient (Wildman–Crippen LogP) is 3.03. The first-order valence-electron chi connectivity index (χ1n) is 10.6. The molecule has 2 saturated heterocycles. The molecule has 1 aromatic carbocycles. The lowest BCUT2D eigenvalue weighted by atomic mass is 9.91. The number of carbonyl (C=O) groups is 2. The van der Waals surface area contributed by atoms with Crippen LogP contribution in [0.25, 0.3) is 0 Å². The largest absolute Gasteiger partial charge is 0.339 e. The van der Waals surface area contributed by atoms with Gasteiger partial charge in [0.15, 0.2) is 0 Å². The van der Waals surface area contributed by atoms with Crippen LogP contribution >= 0.6 is 0 Å². The number of amides is 3. The number of anilines is 1. The van der Waals surface area contributed by atoms with Crippen LogP contribution in [0.3, 0.4) is 0 Å². The van der Waals surface area contributed by atoms with E-state index in [9.17, 15) is 9.59 Å². The molecule has 2 heterocycles. The predicted molar refractivity (Wildman–Crippen MR) is 111 cm³/mol. The monoisotopic (exact) mass is 384 g/mol. The molecule has 3 amide bonds. The maximum Gasteiger partial charge on any atom is 0.321 e. The molecule has 2 aliphatic heterocycles. The Labute approximate surface area is 167 Å². The summed E-state index contributed by atoms with van der Waals surface area (Å²) >= 11 is 0. The van der Waals surface area contributed by atoms with Gasteiger partial charge in [0.1, 0.15) is 0 Å². The summed E-state index contributed by atoms with van der Waals surface area (Å²) in [5.74, 6) is 1.20. The average molecular weight is 385 g/mol. The summed E-state index contributed by atoms with van der Waals surface area (Å²) in [5.41, 5.74) is 2.31. The number of fused-ring (bicyclic) bond motifs is 2. The maximum absolute atomic E-state index is 13.0. The van der Waals surface area contributed by atoms with Gasteiger partial charge in [-0.3, -0.25) is 4.79 Å². The van der Waals surface area contributed by atoms with Crippen LogP contribution in [0.5, 0.6) is 0 Å². The summed E-state index contributed by atoms with van der Waals surface area (Å²) in [6.45, 7) is 5.23. The normalized spacial score (nSPS) is 26.8. The van der Waals surface area contributed by atoms with Crippen molar-refractivity contribution in [2.45, 2.75) is 38.6 Å². The summed E-state index contributed by atoms with van der Waals surface area (Å²) in [6, 6.07) is 6.19. The lowest BCUT2D eigenvalue weighted by Crippen LogP contribution is -2.53. The van der Waals surface area contributed by atoms with Gasteiger partial charge >= 0.3 is 6.03 Å². The van der Waals surface area contributed by atoms with Crippen molar-refractivity contribution in [3.63, 3.8) is 0 Å². The summed E-state index contributed by atoms with van der Waals surface area (Å²) in [4.78, 5) is 32.0. The van der Waals surface area contributed by atoms with Crippen LogP contribution in [0, 0.1) is 18.8 Å². The number of likely N-dealkylation sites (tertiary alicyclic amines) is 2. The number of hydrogen-bond acceptors (Lipinski definition) is 3. The fourth-order valence-corrected chi connectivity index (χ4v) is 5.49. The zero-order chi connectivity index (χ0) is 19.8. The van der Waals surface area contributed by atoms with E-state index in [0.29, 0.717) is 23.4 Å². The number of nitrogens with one attached hydrogen (secondary N) is 1. The molecule has 2 atom stereocenters. The number of benzene rings is 1. The third kappa shape index (κ3) is 3.50. The molecule has 2 bridgehead atoms. The minimum absolute atomic E-state index is 0.0389. The van der Waals surface area contributed by atoms with E-state index in [1.54, 1.807) is 0 Å². The maximum atomic E-state index is 13.0. The quantitative estimate of drug-likeness (QED) is 0.872. The number of carbonyl (C=O) groups excluding carboxylic acids is 2. The number of urea groups is 1. The van der Waals surface area contributed by atoms with Crippen LogP contribution in [-0.4, -0.2) is 73.0 Å². The summed E-state index contributed by atoms with van der Waals surface area (Å²) in [7, 11) is 4.30. The van der Waals surface area contributed by atoms with Crippen molar-refractivity contribution >= 4 is 17.6 Å². The van der Waals surface area contributed by atoms with E-state index in [0.717, 1.165) is 50.3 Å². The highest BCUT2D eigenvalue weighted by molar-refractivity contribution is 5.99. The second-order valence-electron chi connectivity index (χ2n) is 8.86. The van der Waals surface area contributed by atoms with E-state index in [1.165, 1.54) is 12.8 Å². The molecule has 0 radical (unpaired) electrons. The van der Waals surface area contributed by atoms with Crippen molar-refractivity contribution in [3.8, 4) is 0 Å². The zero-order valence-electron chi connectivity index (χ0n) is 17.3. The first kappa shape index (κ1) is 19.2. The highest BCUT2D eigenvalue weighted by Gasteiger charge is 2.44. The Hall–Kier alpha value is -2.08.